The molecule has 1 atom stereocenters. The van der Waals surface area contributed by atoms with E-state index in [0.29, 0.717) is 17.7 Å². The number of hydrogen-bond donors (Lipinski definition) is 3. The lowest BCUT2D eigenvalue weighted by Crippen LogP contribution is -2.15. The molecule has 0 aliphatic heterocycles. The van der Waals surface area contributed by atoms with Gasteiger partial charge in [-0.15, -0.1) is 0 Å². The van der Waals surface area contributed by atoms with Gasteiger partial charge in [0.05, 0.1) is 32.8 Å². The van der Waals surface area contributed by atoms with E-state index in [1.807, 2.05) is 0 Å². The van der Waals surface area contributed by atoms with Crippen LogP contribution in [0.25, 0.3) is 0 Å². The molecule has 0 saturated heterocycles. The first-order valence-electron chi connectivity index (χ1n) is 5.87. The lowest BCUT2D eigenvalue weighted by molar-refractivity contribution is -0.139. The number of aliphatic hydroxyl groups is 2. The lowest BCUT2D eigenvalue weighted by atomic mass is 10.1. The molecular formula is C13H18O6. The number of phenols is 1. The molecule has 19 heavy (non-hydrogen) atoms. The largest absolute Gasteiger partial charge is 0.508 e. The fraction of sp³-hybridized carbons (Fsp3) is 0.462. The molecule has 0 heterocycles. The number of methoxy groups -OCH3 is 1. The van der Waals surface area contributed by atoms with Gasteiger partial charge in [-0.2, -0.15) is 0 Å². The van der Waals surface area contributed by atoms with Crippen LogP contribution in [0.15, 0.2) is 18.2 Å². The molecule has 0 amide bonds. The lowest BCUT2D eigenvalue weighted by Gasteiger charge is -2.10. The van der Waals surface area contributed by atoms with Crippen molar-refractivity contribution < 1.29 is 29.6 Å². The summed E-state index contributed by atoms with van der Waals surface area (Å²) in [6, 6.07) is 4.58. The maximum Gasteiger partial charge on any atom is 0.310 e. The van der Waals surface area contributed by atoms with Gasteiger partial charge in [-0.1, -0.05) is 6.07 Å². The van der Waals surface area contributed by atoms with Crippen molar-refractivity contribution in [3.63, 3.8) is 0 Å². The zero-order valence-electron chi connectivity index (χ0n) is 10.7. The highest BCUT2D eigenvalue weighted by Gasteiger charge is 2.09. The van der Waals surface area contributed by atoms with Crippen LogP contribution in [0.4, 0.5) is 0 Å². The summed E-state index contributed by atoms with van der Waals surface area (Å²) in [5.74, 6) is -0.0584. The molecule has 0 aliphatic carbocycles. The van der Waals surface area contributed by atoms with E-state index in [9.17, 15) is 9.90 Å². The molecule has 1 aromatic rings. The average Bonchev–Trinajstić information content (AvgIpc) is 2.41. The van der Waals surface area contributed by atoms with Gasteiger partial charge in [-0.05, 0) is 6.07 Å². The Morgan fingerprint density at radius 2 is 2.16 bits per heavy atom. The van der Waals surface area contributed by atoms with Crippen molar-refractivity contribution in [3.05, 3.63) is 23.8 Å². The van der Waals surface area contributed by atoms with Crippen molar-refractivity contribution in [3.8, 4) is 11.5 Å². The van der Waals surface area contributed by atoms with E-state index >= 15 is 0 Å². The van der Waals surface area contributed by atoms with E-state index in [-0.39, 0.29) is 25.4 Å². The SMILES string of the molecule is COC(=O)Cc1ccc(OCCC(O)CO)cc1O. The maximum atomic E-state index is 11.1. The van der Waals surface area contributed by atoms with Crippen LogP contribution in [0, 0.1) is 0 Å². The minimum Gasteiger partial charge on any atom is -0.508 e. The minimum absolute atomic E-state index is 0.00810. The molecule has 1 rings (SSSR count). The molecule has 0 aromatic heterocycles. The Bertz CT molecular complexity index is 418. The minimum atomic E-state index is -0.813. The predicted molar refractivity (Wildman–Crippen MR) is 67.0 cm³/mol. The highest BCUT2D eigenvalue weighted by Crippen LogP contribution is 2.24. The van der Waals surface area contributed by atoms with E-state index in [4.69, 9.17) is 14.9 Å². The number of aromatic hydroxyl groups is 1. The standard InChI is InChI=1S/C13H18O6/c1-18-13(17)6-9-2-3-11(7-12(9)16)19-5-4-10(15)8-14/h2-3,7,10,14-16H,4-6,8H2,1H3. The fourth-order valence-electron chi connectivity index (χ4n) is 1.41. The second-order valence-corrected chi connectivity index (χ2v) is 4.02. The third-order valence-electron chi connectivity index (χ3n) is 2.55. The van der Waals surface area contributed by atoms with Gasteiger partial charge in [0.1, 0.15) is 11.5 Å². The number of rotatable bonds is 7. The Hall–Kier alpha value is -1.79. The smallest absolute Gasteiger partial charge is 0.310 e. The number of ether oxygens (including phenoxy) is 2. The quantitative estimate of drug-likeness (QED) is 0.614. The molecule has 1 aromatic carbocycles. The van der Waals surface area contributed by atoms with Crippen LogP contribution in [0.2, 0.25) is 0 Å². The monoisotopic (exact) mass is 270 g/mol. The van der Waals surface area contributed by atoms with Crippen LogP contribution in [-0.2, 0) is 16.0 Å². The molecule has 1 unspecified atom stereocenters. The Kier molecular flexibility index (Phi) is 6.11. The van der Waals surface area contributed by atoms with Gasteiger partial charge >= 0.3 is 5.97 Å². The van der Waals surface area contributed by atoms with Crippen molar-refractivity contribution in [2.45, 2.75) is 18.9 Å². The zero-order chi connectivity index (χ0) is 14.3. The first kappa shape index (κ1) is 15.3. The summed E-state index contributed by atoms with van der Waals surface area (Å²) in [6.45, 7) is -0.0931. The second-order valence-electron chi connectivity index (χ2n) is 4.02. The highest BCUT2D eigenvalue weighted by molar-refractivity contribution is 5.73. The molecule has 0 aliphatic rings. The summed E-state index contributed by atoms with van der Waals surface area (Å²) in [7, 11) is 1.28. The predicted octanol–water partition coefficient (Wildman–Crippen LogP) is 0.230. The average molecular weight is 270 g/mol. The number of hydrogen-bond acceptors (Lipinski definition) is 6. The van der Waals surface area contributed by atoms with E-state index < -0.39 is 12.1 Å². The number of carbonyl (C=O) groups is 1. The second kappa shape index (κ2) is 7.60. The summed E-state index contributed by atoms with van der Waals surface area (Å²) in [5, 5.41) is 27.5. The molecule has 0 saturated carbocycles. The topological polar surface area (TPSA) is 96.2 Å². The van der Waals surface area contributed by atoms with Crippen molar-refractivity contribution in [2.24, 2.45) is 0 Å². The molecule has 3 N–H and O–H groups in total. The third-order valence-corrected chi connectivity index (χ3v) is 2.55. The number of aliphatic hydroxyl groups excluding tert-OH is 2. The van der Waals surface area contributed by atoms with E-state index in [1.54, 1.807) is 12.1 Å². The summed E-state index contributed by atoms with van der Waals surface area (Å²) in [4.78, 5) is 11.1. The third kappa shape index (κ3) is 5.15. The van der Waals surface area contributed by atoms with Gasteiger partial charge < -0.3 is 24.8 Å². The van der Waals surface area contributed by atoms with Gasteiger partial charge in [0, 0.05) is 18.1 Å². The zero-order valence-corrected chi connectivity index (χ0v) is 10.7. The summed E-state index contributed by atoms with van der Waals surface area (Å²) < 4.78 is 9.81. The van der Waals surface area contributed by atoms with Gasteiger partial charge in [0.2, 0.25) is 0 Å². The van der Waals surface area contributed by atoms with Gasteiger partial charge in [0.15, 0.2) is 0 Å². The highest BCUT2D eigenvalue weighted by atomic mass is 16.5. The normalized spacial score (nSPS) is 11.9. The van der Waals surface area contributed by atoms with Gasteiger partial charge in [0.25, 0.3) is 0 Å². The van der Waals surface area contributed by atoms with Crippen molar-refractivity contribution in [2.75, 3.05) is 20.3 Å². The van der Waals surface area contributed by atoms with Crippen LogP contribution < -0.4 is 4.74 Å². The summed E-state index contributed by atoms with van der Waals surface area (Å²) in [5.41, 5.74) is 0.453. The molecule has 6 nitrogen and oxygen atoms in total. The van der Waals surface area contributed by atoms with Crippen LogP contribution in [0.3, 0.4) is 0 Å². The van der Waals surface area contributed by atoms with Gasteiger partial charge in [-0.3, -0.25) is 4.79 Å². The molecule has 0 fully saturated rings. The summed E-state index contributed by atoms with van der Waals surface area (Å²) >= 11 is 0. The first-order valence-corrected chi connectivity index (χ1v) is 5.87. The fourth-order valence-corrected chi connectivity index (χ4v) is 1.41. The van der Waals surface area contributed by atoms with E-state index in [1.165, 1.54) is 13.2 Å². The Morgan fingerprint density at radius 3 is 2.74 bits per heavy atom. The van der Waals surface area contributed by atoms with Crippen LogP contribution in [0.5, 0.6) is 11.5 Å². The van der Waals surface area contributed by atoms with Crippen molar-refractivity contribution in [1.29, 1.82) is 0 Å². The van der Waals surface area contributed by atoms with Crippen molar-refractivity contribution >= 4 is 5.97 Å². The number of esters is 1. The number of carbonyl (C=O) groups excluding carboxylic acids is 1. The Morgan fingerprint density at radius 1 is 1.42 bits per heavy atom. The summed E-state index contributed by atoms with van der Waals surface area (Å²) in [6.07, 6.45) is -0.528. The van der Waals surface area contributed by atoms with Gasteiger partial charge in [-0.25, -0.2) is 0 Å². The number of benzene rings is 1. The van der Waals surface area contributed by atoms with E-state index in [0.717, 1.165) is 0 Å². The molecule has 0 radical (unpaired) electrons. The molecule has 0 bridgehead atoms. The van der Waals surface area contributed by atoms with Crippen molar-refractivity contribution in [1.82, 2.24) is 0 Å². The maximum absolute atomic E-state index is 11.1. The number of phenolic OH excluding ortho intramolecular Hbond substituents is 1. The molecule has 106 valence electrons. The van der Waals surface area contributed by atoms with E-state index in [2.05, 4.69) is 4.74 Å². The molecule has 0 spiro atoms. The first-order chi connectivity index (χ1) is 9.06. The molecular weight excluding hydrogens is 252 g/mol. The van der Waals surface area contributed by atoms with Crippen LogP contribution in [0.1, 0.15) is 12.0 Å². The molecule has 6 heteroatoms. The van der Waals surface area contributed by atoms with Crippen LogP contribution >= 0.6 is 0 Å². The Balaban J connectivity index is 2.54. The van der Waals surface area contributed by atoms with Crippen LogP contribution in [-0.4, -0.2) is 47.7 Å². The Labute approximate surface area is 111 Å².